The number of pyridine rings is 1. The fourth-order valence-electron chi connectivity index (χ4n) is 7.31. The van der Waals surface area contributed by atoms with E-state index >= 15 is 0 Å². The van der Waals surface area contributed by atoms with Crippen molar-refractivity contribution in [3.8, 4) is 0 Å². The Morgan fingerprint density at radius 3 is 2.43 bits per heavy atom. The first-order valence-corrected chi connectivity index (χ1v) is 19.2. The molecule has 1 fully saturated rings. The van der Waals surface area contributed by atoms with Crippen LogP contribution in [0.2, 0.25) is 15.1 Å². The second kappa shape index (κ2) is 16.2. The molecule has 2 aliphatic rings. The number of hydrogen-bond donors (Lipinski definition) is 3. The number of aromatic amines is 1. The van der Waals surface area contributed by atoms with Crippen molar-refractivity contribution in [3.63, 3.8) is 0 Å². The maximum absolute atomic E-state index is 14.8. The van der Waals surface area contributed by atoms with Crippen LogP contribution in [0.1, 0.15) is 53.4 Å². The number of benzene rings is 3. The fraction of sp³-hybridized carbons (Fsp3) is 0.262. The van der Waals surface area contributed by atoms with Crippen molar-refractivity contribution in [3.05, 3.63) is 135 Å². The first kappa shape index (κ1) is 37.4. The van der Waals surface area contributed by atoms with Crippen LogP contribution in [0, 0.1) is 5.92 Å². The van der Waals surface area contributed by atoms with Gasteiger partial charge in [0.05, 0.1) is 11.4 Å². The van der Waals surface area contributed by atoms with Gasteiger partial charge in [-0.3, -0.25) is 4.79 Å². The number of anilines is 2. The number of H-pyrrole nitrogens is 1. The van der Waals surface area contributed by atoms with Crippen LogP contribution in [-0.2, 0) is 6.54 Å². The summed E-state index contributed by atoms with van der Waals surface area (Å²) in [6.07, 6.45) is 8.30. The van der Waals surface area contributed by atoms with Crippen LogP contribution in [0.4, 0.5) is 16.3 Å². The van der Waals surface area contributed by atoms with E-state index in [2.05, 4.69) is 56.7 Å². The second-order valence-electron chi connectivity index (χ2n) is 14.0. The lowest BCUT2D eigenvalue weighted by atomic mass is 9.87. The Hall–Kier alpha value is -4.96. The van der Waals surface area contributed by atoms with E-state index in [1.807, 2.05) is 60.7 Å². The number of carbonyl (C=O) groups excluding carboxylic acids is 2. The zero-order chi connectivity index (χ0) is 37.9. The van der Waals surface area contributed by atoms with Gasteiger partial charge in [-0.15, -0.1) is 0 Å². The molecule has 1 saturated heterocycles. The standard InChI is InChI=1S/C42H42Cl3N7O2/c1-26-9-8-20-52(25-28-13-14-29(43)23-33(28)45)39(36(26)27-10-5-4-6-11-27)37-32-16-15-30(44)24-35(32)48-38(37)41(53)49-34-12-7-19-46-40(34)51-21-17-31(18-22-51)47-42(54)50(2)3/h4-8,10-16,19-20,23-24,26,31,48H,9,17-18,21-22,25H2,1-3H3,(H,47,54)(H,49,53). The highest BCUT2D eigenvalue weighted by Gasteiger charge is 2.31. The number of aromatic nitrogens is 2. The molecule has 3 N–H and O–H groups in total. The van der Waals surface area contributed by atoms with Crippen LogP contribution in [-0.4, -0.2) is 64.9 Å². The molecule has 2 aliphatic heterocycles. The lowest BCUT2D eigenvalue weighted by molar-refractivity contribution is 0.102. The molecule has 7 rings (SSSR count). The molecule has 9 nitrogen and oxygen atoms in total. The number of hydrogen-bond acceptors (Lipinski definition) is 5. The van der Waals surface area contributed by atoms with Crippen LogP contribution < -0.4 is 15.5 Å². The summed E-state index contributed by atoms with van der Waals surface area (Å²) in [5, 5.41) is 8.84. The lowest BCUT2D eigenvalue weighted by Crippen LogP contribution is -2.47. The number of halogens is 3. The molecule has 1 unspecified atom stereocenters. The van der Waals surface area contributed by atoms with Gasteiger partial charge in [-0.05, 0) is 78.3 Å². The van der Waals surface area contributed by atoms with Gasteiger partial charge in [0.2, 0.25) is 0 Å². The zero-order valence-electron chi connectivity index (χ0n) is 30.4. The number of piperidine rings is 1. The Kier molecular flexibility index (Phi) is 11.2. The summed E-state index contributed by atoms with van der Waals surface area (Å²) >= 11 is 19.6. The average molecular weight is 783 g/mol. The van der Waals surface area contributed by atoms with Crippen LogP contribution >= 0.6 is 34.8 Å². The normalized spacial score (nSPS) is 16.4. The summed E-state index contributed by atoms with van der Waals surface area (Å²) in [6.45, 7) is 4.00. The predicted octanol–water partition coefficient (Wildman–Crippen LogP) is 9.94. The van der Waals surface area contributed by atoms with E-state index in [4.69, 9.17) is 39.8 Å². The quantitative estimate of drug-likeness (QED) is 0.146. The largest absolute Gasteiger partial charge is 0.355 e. The SMILES string of the molecule is CC1CC=CN(Cc2ccc(Cl)cc2Cl)C(c2c(C(=O)Nc3cccnc3N3CCC(NC(=O)N(C)C)CC3)[nH]c3cc(Cl)ccc23)=C1c1ccccc1. The molecule has 1 atom stereocenters. The minimum atomic E-state index is -0.315. The number of nitrogens with zero attached hydrogens (tertiary/aromatic N) is 4. The van der Waals surface area contributed by atoms with Crippen LogP contribution in [0.25, 0.3) is 22.2 Å². The molecule has 3 aromatic carbocycles. The third-order valence-corrected chi connectivity index (χ3v) is 10.9. The molecule has 0 saturated carbocycles. The van der Waals surface area contributed by atoms with Crippen LogP contribution in [0.5, 0.6) is 0 Å². The summed E-state index contributed by atoms with van der Waals surface area (Å²) in [7, 11) is 3.47. The van der Waals surface area contributed by atoms with Gasteiger partial charge in [0, 0.05) is 83.7 Å². The van der Waals surface area contributed by atoms with Gasteiger partial charge in [0.1, 0.15) is 5.69 Å². The van der Waals surface area contributed by atoms with Crippen LogP contribution in [0.15, 0.2) is 97.3 Å². The number of urea groups is 1. The van der Waals surface area contributed by atoms with Gasteiger partial charge in [-0.2, -0.15) is 0 Å². The van der Waals surface area contributed by atoms with E-state index in [1.54, 1.807) is 31.3 Å². The number of rotatable bonds is 8. The number of fused-ring (bicyclic) bond motifs is 1. The average Bonchev–Trinajstić information content (AvgIpc) is 3.45. The van der Waals surface area contributed by atoms with Gasteiger partial charge in [0.15, 0.2) is 5.82 Å². The highest BCUT2D eigenvalue weighted by molar-refractivity contribution is 6.35. The smallest absolute Gasteiger partial charge is 0.317 e. The topological polar surface area (TPSA) is 96.6 Å². The maximum atomic E-state index is 14.8. The molecule has 0 spiro atoms. The Morgan fingerprint density at radius 2 is 1.69 bits per heavy atom. The third kappa shape index (κ3) is 7.94. The molecule has 12 heteroatoms. The molecule has 0 radical (unpaired) electrons. The molecule has 54 heavy (non-hydrogen) atoms. The van der Waals surface area contributed by atoms with Crippen molar-refractivity contribution >= 4 is 80.4 Å². The summed E-state index contributed by atoms with van der Waals surface area (Å²) < 4.78 is 0. The van der Waals surface area contributed by atoms with Crippen molar-refractivity contribution in [1.29, 1.82) is 0 Å². The van der Waals surface area contributed by atoms with Crippen molar-refractivity contribution < 1.29 is 9.59 Å². The van der Waals surface area contributed by atoms with Gasteiger partial charge >= 0.3 is 6.03 Å². The third-order valence-electron chi connectivity index (χ3n) is 10.0. The Balaban J connectivity index is 1.32. The highest BCUT2D eigenvalue weighted by Crippen LogP contribution is 2.44. The van der Waals surface area contributed by atoms with E-state index in [0.29, 0.717) is 51.9 Å². The molecular weight excluding hydrogens is 741 g/mol. The van der Waals surface area contributed by atoms with Gasteiger partial charge in [-0.1, -0.05) is 90.3 Å². The molecule has 0 bridgehead atoms. The minimum Gasteiger partial charge on any atom is -0.355 e. The van der Waals surface area contributed by atoms with Crippen molar-refractivity contribution in [1.82, 2.24) is 25.1 Å². The summed E-state index contributed by atoms with van der Waals surface area (Å²) in [6, 6.07) is 25.2. The van der Waals surface area contributed by atoms with Gasteiger partial charge in [0.25, 0.3) is 5.91 Å². The van der Waals surface area contributed by atoms with Crippen molar-refractivity contribution in [2.75, 3.05) is 37.4 Å². The second-order valence-corrected chi connectivity index (χ2v) is 15.3. The molecule has 0 aliphatic carbocycles. The molecule has 2 aromatic heterocycles. The lowest BCUT2D eigenvalue weighted by Gasteiger charge is -2.34. The fourth-order valence-corrected chi connectivity index (χ4v) is 7.95. The number of nitrogens with one attached hydrogen (secondary N) is 3. The Labute approximate surface area is 330 Å². The van der Waals surface area contributed by atoms with Crippen molar-refractivity contribution in [2.24, 2.45) is 5.92 Å². The monoisotopic (exact) mass is 781 g/mol. The number of amides is 3. The number of carbonyl (C=O) groups is 2. The first-order valence-electron chi connectivity index (χ1n) is 18.0. The molecule has 278 valence electrons. The molecule has 3 amide bonds. The minimum absolute atomic E-state index is 0.0624. The van der Waals surface area contributed by atoms with Crippen LogP contribution in [0.3, 0.4) is 0 Å². The highest BCUT2D eigenvalue weighted by atomic mass is 35.5. The Bertz CT molecular complexity index is 2240. The summed E-state index contributed by atoms with van der Waals surface area (Å²) in [4.78, 5) is 41.2. The molecular formula is C42H42Cl3N7O2. The van der Waals surface area contributed by atoms with Gasteiger partial charge < -0.3 is 30.3 Å². The molecule has 5 aromatic rings. The van der Waals surface area contributed by atoms with E-state index < -0.39 is 0 Å². The van der Waals surface area contributed by atoms with E-state index in [-0.39, 0.29) is 23.9 Å². The Morgan fingerprint density at radius 1 is 0.944 bits per heavy atom. The summed E-state index contributed by atoms with van der Waals surface area (Å²) in [5.41, 5.74) is 6.42. The van der Waals surface area contributed by atoms with Gasteiger partial charge in [-0.25, -0.2) is 9.78 Å². The zero-order valence-corrected chi connectivity index (χ0v) is 32.6. The molecule has 4 heterocycles. The predicted molar refractivity (Wildman–Crippen MR) is 221 cm³/mol. The van der Waals surface area contributed by atoms with E-state index in [0.717, 1.165) is 58.1 Å². The first-order chi connectivity index (χ1) is 26.1. The summed E-state index contributed by atoms with van der Waals surface area (Å²) in [5.74, 6) is 0.469. The number of allylic oxidation sites excluding steroid dienone is 2. The van der Waals surface area contributed by atoms with Crippen molar-refractivity contribution in [2.45, 2.75) is 38.8 Å². The van der Waals surface area contributed by atoms with E-state index in [9.17, 15) is 9.59 Å². The van der Waals surface area contributed by atoms with E-state index in [1.165, 1.54) is 0 Å². The maximum Gasteiger partial charge on any atom is 0.317 e.